The van der Waals surface area contributed by atoms with Gasteiger partial charge in [0.1, 0.15) is 11.5 Å². The summed E-state index contributed by atoms with van der Waals surface area (Å²) in [5, 5.41) is 2.90. The normalized spacial score (nSPS) is 17.1. The molecule has 0 radical (unpaired) electrons. The van der Waals surface area contributed by atoms with Crippen LogP contribution in [0.1, 0.15) is 55.0 Å². The fourth-order valence-corrected chi connectivity index (χ4v) is 2.97. The molecule has 1 N–H and O–H groups in total. The fourth-order valence-electron chi connectivity index (χ4n) is 2.97. The second-order valence-corrected chi connectivity index (χ2v) is 7.16. The summed E-state index contributed by atoms with van der Waals surface area (Å²) < 4.78 is 11.2. The third kappa shape index (κ3) is 5.88. The van der Waals surface area contributed by atoms with Gasteiger partial charge in [0.2, 0.25) is 5.91 Å². The van der Waals surface area contributed by atoms with E-state index in [1.807, 2.05) is 6.92 Å². The van der Waals surface area contributed by atoms with Gasteiger partial charge in [-0.1, -0.05) is 13.8 Å². The number of rotatable bonds is 8. The van der Waals surface area contributed by atoms with Gasteiger partial charge >= 0.3 is 0 Å². The van der Waals surface area contributed by atoms with Gasteiger partial charge in [0.05, 0.1) is 11.7 Å². The molecule has 1 saturated heterocycles. The highest BCUT2D eigenvalue weighted by Gasteiger charge is 2.26. The molecule has 1 aromatic heterocycles. The van der Waals surface area contributed by atoms with Crippen molar-refractivity contribution in [3.05, 3.63) is 23.2 Å². The molecule has 0 spiro atoms. The number of nitrogens with zero attached hydrogens (tertiary/aromatic N) is 1. The summed E-state index contributed by atoms with van der Waals surface area (Å²) in [7, 11) is 0. The predicted octanol–water partition coefficient (Wildman–Crippen LogP) is 2.68. The SMILES string of the molecule is Cc1cc(C(=O)N(CCC(=O)NCC(C)C)C[C@H]2CCCO2)c(C)o1. The Bertz CT molecular complexity index is 588. The third-order valence-corrected chi connectivity index (χ3v) is 4.32. The summed E-state index contributed by atoms with van der Waals surface area (Å²) >= 11 is 0. The molecule has 1 fully saturated rings. The first-order valence-corrected chi connectivity index (χ1v) is 9.11. The van der Waals surface area contributed by atoms with E-state index in [1.165, 1.54) is 0 Å². The van der Waals surface area contributed by atoms with Crippen LogP contribution in [-0.4, -0.2) is 49.1 Å². The van der Waals surface area contributed by atoms with Gasteiger partial charge < -0.3 is 19.4 Å². The minimum Gasteiger partial charge on any atom is -0.466 e. The van der Waals surface area contributed by atoms with Gasteiger partial charge in [-0.2, -0.15) is 0 Å². The van der Waals surface area contributed by atoms with Crippen LogP contribution in [0.25, 0.3) is 0 Å². The van der Waals surface area contributed by atoms with Crippen LogP contribution >= 0.6 is 0 Å². The molecule has 25 heavy (non-hydrogen) atoms. The standard InChI is InChI=1S/C19H30N2O4/c1-13(2)11-20-18(22)7-8-21(12-16-6-5-9-24-16)19(23)17-10-14(3)25-15(17)4/h10,13,16H,5-9,11-12H2,1-4H3,(H,20,22)/t16-/m1/s1. The van der Waals surface area contributed by atoms with Crippen LogP contribution in [0.4, 0.5) is 0 Å². The van der Waals surface area contributed by atoms with Crippen molar-refractivity contribution in [1.29, 1.82) is 0 Å². The smallest absolute Gasteiger partial charge is 0.257 e. The van der Waals surface area contributed by atoms with E-state index in [1.54, 1.807) is 17.9 Å². The number of nitrogens with one attached hydrogen (secondary N) is 1. The van der Waals surface area contributed by atoms with Crippen molar-refractivity contribution in [2.75, 3.05) is 26.2 Å². The van der Waals surface area contributed by atoms with Crippen molar-refractivity contribution >= 4 is 11.8 Å². The molecule has 0 unspecified atom stereocenters. The number of hydrogen-bond donors (Lipinski definition) is 1. The van der Waals surface area contributed by atoms with Crippen LogP contribution in [-0.2, 0) is 9.53 Å². The van der Waals surface area contributed by atoms with Crippen LogP contribution in [0.2, 0.25) is 0 Å². The Kier molecular flexibility index (Phi) is 7.05. The molecule has 0 aromatic carbocycles. The molecule has 0 aliphatic carbocycles. The van der Waals surface area contributed by atoms with Crippen LogP contribution in [0.3, 0.4) is 0 Å². The molecule has 1 aliphatic rings. The highest BCUT2D eigenvalue weighted by atomic mass is 16.5. The van der Waals surface area contributed by atoms with Gasteiger partial charge in [-0.3, -0.25) is 9.59 Å². The van der Waals surface area contributed by atoms with Crippen molar-refractivity contribution in [3.8, 4) is 0 Å². The molecule has 1 aliphatic heterocycles. The summed E-state index contributed by atoms with van der Waals surface area (Å²) in [5.74, 6) is 1.61. The lowest BCUT2D eigenvalue weighted by atomic mass is 10.1. The number of amides is 2. The molecular weight excluding hydrogens is 320 g/mol. The molecule has 6 nitrogen and oxygen atoms in total. The quantitative estimate of drug-likeness (QED) is 0.782. The summed E-state index contributed by atoms with van der Waals surface area (Å²) in [6.07, 6.45) is 2.31. The van der Waals surface area contributed by atoms with E-state index >= 15 is 0 Å². The van der Waals surface area contributed by atoms with E-state index in [-0.39, 0.29) is 17.9 Å². The van der Waals surface area contributed by atoms with E-state index in [0.29, 0.717) is 49.1 Å². The second kappa shape index (κ2) is 9.04. The maximum absolute atomic E-state index is 12.9. The zero-order valence-corrected chi connectivity index (χ0v) is 15.8. The first-order valence-electron chi connectivity index (χ1n) is 9.11. The fraction of sp³-hybridized carbons (Fsp3) is 0.684. The lowest BCUT2D eigenvalue weighted by molar-refractivity contribution is -0.121. The van der Waals surface area contributed by atoms with E-state index in [9.17, 15) is 9.59 Å². The van der Waals surface area contributed by atoms with Gasteiger partial charge in [0.15, 0.2) is 0 Å². The van der Waals surface area contributed by atoms with Crippen molar-refractivity contribution in [3.63, 3.8) is 0 Å². The van der Waals surface area contributed by atoms with Crippen molar-refractivity contribution in [1.82, 2.24) is 10.2 Å². The number of aryl methyl sites for hydroxylation is 2. The van der Waals surface area contributed by atoms with Crippen LogP contribution in [0.15, 0.2) is 10.5 Å². The van der Waals surface area contributed by atoms with Gasteiger partial charge in [-0.15, -0.1) is 0 Å². The molecule has 0 saturated carbocycles. The van der Waals surface area contributed by atoms with Gasteiger partial charge in [-0.05, 0) is 38.7 Å². The summed E-state index contributed by atoms with van der Waals surface area (Å²) in [5.41, 5.74) is 0.568. The summed E-state index contributed by atoms with van der Waals surface area (Å²) in [6.45, 7) is 10.0. The first kappa shape index (κ1) is 19.5. The Hall–Kier alpha value is -1.82. The Balaban J connectivity index is 2.00. The monoisotopic (exact) mass is 350 g/mol. The largest absolute Gasteiger partial charge is 0.466 e. The molecule has 2 heterocycles. The second-order valence-electron chi connectivity index (χ2n) is 7.16. The Labute approximate surface area is 149 Å². The lowest BCUT2D eigenvalue weighted by Crippen LogP contribution is -2.40. The van der Waals surface area contributed by atoms with Crippen LogP contribution < -0.4 is 5.32 Å². The van der Waals surface area contributed by atoms with Gasteiger partial charge in [-0.25, -0.2) is 0 Å². The first-order chi connectivity index (χ1) is 11.9. The van der Waals surface area contributed by atoms with Crippen LogP contribution in [0.5, 0.6) is 0 Å². The molecule has 1 aromatic rings. The van der Waals surface area contributed by atoms with Crippen molar-refractivity contribution in [2.24, 2.45) is 5.92 Å². The molecule has 2 amide bonds. The molecule has 0 bridgehead atoms. The van der Waals surface area contributed by atoms with E-state index in [4.69, 9.17) is 9.15 Å². The van der Waals surface area contributed by atoms with Crippen molar-refractivity contribution in [2.45, 2.75) is 53.1 Å². The molecule has 140 valence electrons. The maximum Gasteiger partial charge on any atom is 0.257 e. The summed E-state index contributed by atoms with van der Waals surface area (Å²) in [4.78, 5) is 26.7. The molecule has 2 rings (SSSR count). The van der Waals surface area contributed by atoms with E-state index in [2.05, 4.69) is 19.2 Å². The highest BCUT2D eigenvalue weighted by Crippen LogP contribution is 2.19. The molecular formula is C19H30N2O4. The Morgan fingerprint density at radius 3 is 2.68 bits per heavy atom. The number of carbonyl (C=O) groups is 2. The Morgan fingerprint density at radius 2 is 2.12 bits per heavy atom. The van der Waals surface area contributed by atoms with Crippen molar-refractivity contribution < 1.29 is 18.7 Å². The lowest BCUT2D eigenvalue weighted by Gasteiger charge is -2.25. The number of ether oxygens (including phenoxy) is 1. The maximum atomic E-state index is 12.9. The summed E-state index contributed by atoms with van der Waals surface area (Å²) in [6, 6.07) is 1.76. The predicted molar refractivity (Wildman–Crippen MR) is 95.5 cm³/mol. The average molecular weight is 350 g/mol. The average Bonchev–Trinajstić information content (AvgIpc) is 3.17. The molecule has 6 heteroatoms. The minimum atomic E-state index is -0.0958. The number of furan rings is 1. The zero-order valence-electron chi connectivity index (χ0n) is 15.8. The minimum absolute atomic E-state index is 0.0288. The third-order valence-electron chi connectivity index (χ3n) is 4.32. The topological polar surface area (TPSA) is 71.8 Å². The highest BCUT2D eigenvalue weighted by molar-refractivity contribution is 5.95. The molecule has 1 atom stereocenters. The van der Waals surface area contributed by atoms with E-state index < -0.39 is 0 Å². The number of carbonyl (C=O) groups excluding carboxylic acids is 2. The zero-order chi connectivity index (χ0) is 18.4. The Morgan fingerprint density at radius 1 is 1.36 bits per heavy atom. The van der Waals surface area contributed by atoms with Gasteiger partial charge in [0.25, 0.3) is 5.91 Å². The van der Waals surface area contributed by atoms with E-state index in [0.717, 1.165) is 19.4 Å². The number of hydrogen-bond acceptors (Lipinski definition) is 4. The van der Waals surface area contributed by atoms with Crippen LogP contribution in [0, 0.1) is 19.8 Å². The van der Waals surface area contributed by atoms with Gasteiger partial charge in [0, 0.05) is 32.7 Å².